The van der Waals surface area contributed by atoms with Crippen molar-refractivity contribution < 1.29 is 0 Å². The molecule has 0 bridgehead atoms. The Kier molecular flexibility index (Phi) is 3.46. The topological polar surface area (TPSA) is 49.8 Å². The number of nitrogens with zero attached hydrogens (tertiary/aromatic N) is 2. The van der Waals surface area contributed by atoms with Gasteiger partial charge in [-0.15, -0.1) is 0 Å². The third-order valence-electron chi connectivity index (χ3n) is 3.26. The third kappa shape index (κ3) is 2.54. The molecule has 0 spiro atoms. The van der Waals surface area contributed by atoms with Crippen molar-refractivity contribution in [3.8, 4) is 0 Å². The van der Waals surface area contributed by atoms with Gasteiger partial charge in [-0.25, -0.2) is 9.97 Å². The van der Waals surface area contributed by atoms with Gasteiger partial charge in [-0.3, -0.25) is 0 Å². The van der Waals surface area contributed by atoms with Crippen molar-refractivity contribution >= 4 is 22.4 Å². The molecule has 100 valence electrons. The highest BCUT2D eigenvalue weighted by molar-refractivity contribution is 5.85. The number of anilines is 2. The Bertz CT molecular complexity index is 719. The zero-order chi connectivity index (χ0) is 13.8. The van der Waals surface area contributed by atoms with Crippen molar-refractivity contribution in [2.45, 2.75) is 6.54 Å². The van der Waals surface area contributed by atoms with Crippen LogP contribution in [-0.4, -0.2) is 17.0 Å². The molecule has 20 heavy (non-hydrogen) atoms. The molecule has 0 amide bonds. The maximum atomic E-state index is 4.22. The van der Waals surface area contributed by atoms with Crippen LogP contribution in [0.5, 0.6) is 0 Å². The Morgan fingerprint density at radius 2 is 1.75 bits per heavy atom. The van der Waals surface area contributed by atoms with E-state index in [1.165, 1.54) is 16.3 Å². The van der Waals surface area contributed by atoms with Gasteiger partial charge >= 0.3 is 0 Å². The van der Waals surface area contributed by atoms with E-state index in [4.69, 9.17) is 0 Å². The minimum atomic E-state index is 0.738. The zero-order valence-electron chi connectivity index (χ0n) is 11.3. The van der Waals surface area contributed by atoms with E-state index in [2.05, 4.69) is 63.1 Å². The fraction of sp³-hybridized carbons (Fsp3) is 0.125. The molecule has 4 heteroatoms. The van der Waals surface area contributed by atoms with Gasteiger partial charge in [-0.2, -0.15) is 0 Å². The van der Waals surface area contributed by atoms with E-state index in [0.29, 0.717) is 0 Å². The van der Waals surface area contributed by atoms with Crippen LogP contribution >= 0.6 is 0 Å². The fourth-order valence-corrected chi connectivity index (χ4v) is 2.22. The maximum Gasteiger partial charge on any atom is 0.131 e. The van der Waals surface area contributed by atoms with Crippen LogP contribution in [-0.2, 0) is 6.54 Å². The summed E-state index contributed by atoms with van der Waals surface area (Å²) in [5.74, 6) is 1.62. The molecule has 0 saturated heterocycles. The zero-order valence-corrected chi connectivity index (χ0v) is 11.3. The highest BCUT2D eigenvalue weighted by Gasteiger charge is 2.01. The molecule has 2 N–H and O–H groups in total. The van der Waals surface area contributed by atoms with Gasteiger partial charge < -0.3 is 10.6 Å². The number of fused-ring (bicyclic) bond motifs is 1. The second kappa shape index (κ2) is 5.57. The van der Waals surface area contributed by atoms with Gasteiger partial charge in [0, 0.05) is 19.7 Å². The molecular weight excluding hydrogens is 248 g/mol. The molecule has 1 heterocycles. The first-order valence-electron chi connectivity index (χ1n) is 6.57. The molecule has 0 unspecified atom stereocenters. The fourth-order valence-electron chi connectivity index (χ4n) is 2.22. The second-order valence-electron chi connectivity index (χ2n) is 4.53. The van der Waals surface area contributed by atoms with Crippen molar-refractivity contribution in [1.29, 1.82) is 0 Å². The lowest BCUT2D eigenvalue weighted by molar-refractivity contribution is 1.09. The number of rotatable bonds is 4. The molecule has 2 aromatic carbocycles. The predicted octanol–water partition coefficient (Wildman–Crippen LogP) is 3.28. The minimum Gasteiger partial charge on any atom is -0.373 e. The first-order chi connectivity index (χ1) is 9.86. The first kappa shape index (κ1) is 12.4. The van der Waals surface area contributed by atoms with Gasteiger partial charge in [0.2, 0.25) is 0 Å². The van der Waals surface area contributed by atoms with Gasteiger partial charge in [0.1, 0.15) is 18.0 Å². The molecule has 0 aliphatic heterocycles. The standard InChI is InChI=1S/C16H16N4/c1-17-15-9-16(20-11-19-15)18-10-13-7-4-6-12-5-2-3-8-14(12)13/h2-9,11H,10H2,1H3,(H2,17,18,19,20). The lowest BCUT2D eigenvalue weighted by Crippen LogP contribution is -2.03. The molecule has 0 radical (unpaired) electrons. The molecule has 0 saturated carbocycles. The van der Waals surface area contributed by atoms with Crippen LogP contribution in [0, 0.1) is 0 Å². The van der Waals surface area contributed by atoms with E-state index in [1.807, 2.05) is 13.1 Å². The third-order valence-corrected chi connectivity index (χ3v) is 3.26. The van der Waals surface area contributed by atoms with E-state index >= 15 is 0 Å². The molecule has 3 rings (SSSR count). The van der Waals surface area contributed by atoms with Crippen LogP contribution in [0.4, 0.5) is 11.6 Å². The Morgan fingerprint density at radius 1 is 0.950 bits per heavy atom. The summed E-state index contributed by atoms with van der Waals surface area (Å²) in [6.07, 6.45) is 1.55. The van der Waals surface area contributed by atoms with Crippen molar-refractivity contribution in [2.24, 2.45) is 0 Å². The summed E-state index contributed by atoms with van der Waals surface area (Å²) in [6.45, 7) is 0.738. The van der Waals surface area contributed by atoms with E-state index in [1.54, 1.807) is 6.33 Å². The average molecular weight is 264 g/mol. The van der Waals surface area contributed by atoms with Crippen molar-refractivity contribution in [3.63, 3.8) is 0 Å². The Labute approximate surface area is 117 Å². The molecule has 0 fully saturated rings. The molecule has 0 aliphatic carbocycles. The van der Waals surface area contributed by atoms with Gasteiger partial charge in [0.15, 0.2) is 0 Å². The van der Waals surface area contributed by atoms with Crippen molar-refractivity contribution in [2.75, 3.05) is 17.7 Å². The van der Waals surface area contributed by atoms with E-state index in [0.717, 1.165) is 18.2 Å². The largest absolute Gasteiger partial charge is 0.373 e. The SMILES string of the molecule is CNc1cc(NCc2cccc3ccccc23)ncn1. The smallest absolute Gasteiger partial charge is 0.131 e. The van der Waals surface area contributed by atoms with Gasteiger partial charge in [0.05, 0.1) is 0 Å². The predicted molar refractivity (Wildman–Crippen MR) is 82.9 cm³/mol. The van der Waals surface area contributed by atoms with Crippen molar-refractivity contribution in [1.82, 2.24) is 9.97 Å². The van der Waals surface area contributed by atoms with Crippen LogP contribution in [0.1, 0.15) is 5.56 Å². The monoisotopic (exact) mass is 264 g/mol. The molecule has 3 aromatic rings. The molecular formula is C16H16N4. The Balaban J connectivity index is 1.83. The number of benzene rings is 2. The highest BCUT2D eigenvalue weighted by Crippen LogP contribution is 2.19. The first-order valence-corrected chi connectivity index (χ1v) is 6.57. The van der Waals surface area contributed by atoms with Crippen molar-refractivity contribution in [3.05, 3.63) is 60.4 Å². The van der Waals surface area contributed by atoms with Crippen LogP contribution in [0.15, 0.2) is 54.9 Å². The summed E-state index contributed by atoms with van der Waals surface area (Å²) in [7, 11) is 1.84. The van der Waals surface area contributed by atoms with E-state index in [9.17, 15) is 0 Å². The quantitative estimate of drug-likeness (QED) is 0.759. The summed E-state index contributed by atoms with van der Waals surface area (Å²) < 4.78 is 0. The van der Waals surface area contributed by atoms with Crippen LogP contribution in [0.3, 0.4) is 0 Å². The lowest BCUT2D eigenvalue weighted by atomic mass is 10.0. The van der Waals surface area contributed by atoms with Gasteiger partial charge in [-0.1, -0.05) is 42.5 Å². The molecule has 0 aliphatic rings. The average Bonchev–Trinajstić information content (AvgIpc) is 2.53. The number of hydrogen-bond acceptors (Lipinski definition) is 4. The van der Waals surface area contributed by atoms with E-state index < -0.39 is 0 Å². The summed E-state index contributed by atoms with van der Waals surface area (Å²) in [4.78, 5) is 8.32. The second-order valence-corrected chi connectivity index (χ2v) is 4.53. The van der Waals surface area contributed by atoms with Crippen LogP contribution in [0.2, 0.25) is 0 Å². The van der Waals surface area contributed by atoms with E-state index in [-0.39, 0.29) is 0 Å². The number of hydrogen-bond donors (Lipinski definition) is 2. The number of aromatic nitrogens is 2. The maximum absolute atomic E-state index is 4.22. The molecule has 1 aromatic heterocycles. The van der Waals surface area contributed by atoms with Crippen LogP contribution in [0.25, 0.3) is 10.8 Å². The van der Waals surface area contributed by atoms with Crippen LogP contribution < -0.4 is 10.6 Å². The normalized spacial score (nSPS) is 10.4. The van der Waals surface area contributed by atoms with Gasteiger partial charge in [-0.05, 0) is 16.3 Å². The Morgan fingerprint density at radius 3 is 2.65 bits per heavy atom. The lowest BCUT2D eigenvalue weighted by Gasteiger charge is -2.09. The molecule has 0 atom stereocenters. The summed E-state index contributed by atoms with van der Waals surface area (Å²) >= 11 is 0. The Hall–Kier alpha value is -2.62. The minimum absolute atomic E-state index is 0.738. The molecule has 4 nitrogen and oxygen atoms in total. The summed E-state index contributed by atoms with van der Waals surface area (Å²) in [5, 5.41) is 8.86. The summed E-state index contributed by atoms with van der Waals surface area (Å²) in [5.41, 5.74) is 1.26. The highest BCUT2D eigenvalue weighted by atomic mass is 15.0. The van der Waals surface area contributed by atoms with Gasteiger partial charge in [0.25, 0.3) is 0 Å². The summed E-state index contributed by atoms with van der Waals surface area (Å²) in [6, 6.07) is 16.6. The number of nitrogens with one attached hydrogen (secondary N) is 2.